The molecule has 114 valence electrons. The van der Waals surface area contributed by atoms with Crippen LogP contribution in [0.15, 0.2) is 34.4 Å². The second-order valence-electron chi connectivity index (χ2n) is 4.96. The summed E-state index contributed by atoms with van der Waals surface area (Å²) in [7, 11) is 1.73. The number of benzene rings is 1. The third-order valence-electron chi connectivity index (χ3n) is 3.47. The number of aryl methyl sites for hydroxylation is 1. The monoisotopic (exact) mass is 333 g/mol. The largest absolute Gasteiger partial charge is 0.307 e. The van der Waals surface area contributed by atoms with Gasteiger partial charge in [-0.3, -0.25) is 14.5 Å². The van der Waals surface area contributed by atoms with Gasteiger partial charge in [-0.1, -0.05) is 34.8 Å². The molecule has 2 aromatic heterocycles. The number of fused-ring (bicyclic) bond motifs is 1. The molecule has 1 amide bonds. The van der Waals surface area contributed by atoms with Gasteiger partial charge in [0.05, 0.1) is 10.2 Å². The lowest BCUT2D eigenvalue weighted by molar-refractivity contribution is -0.118. The van der Waals surface area contributed by atoms with E-state index in [4.69, 9.17) is 0 Å². The van der Waals surface area contributed by atoms with Gasteiger partial charge in [0.25, 0.3) is 0 Å². The number of rotatable bonds is 4. The molecule has 2 heterocycles. The summed E-state index contributed by atoms with van der Waals surface area (Å²) in [5.41, 5.74) is 1.79. The number of nitrogens with zero attached hydrogens (tertiary/aromatic N) is 3. The van der Waals surface area contributed by atoms with Crippen molar-refractivity contribution in [1.29, 1.82) is 0 Å². The average molecular weight is 333 g/mol. The van der Waals surface area contributed by atoms with E-state index in [0.717, 1.165) is 27.2 Å². The highest BCUT2D eigenvalue weighted by Crippen LogP contribution is 2.28. The minimum Gasteiger partial charge on any atom is -0.303 e. The summed E-state index contributed by atoms with van der Waals surface area (Å²) >= 11 is 2.65. The van der Waals surface area contributed by atoms with Crippen molar-refractivity contribution < 1.29 is 4.79 Å². The van der Waals surface area contributed by atoms with Gasteiger partial charge in [-0.05, 0) is 19.1 Å². The van der Waals surface area contributed by atoms with Gasteiger partial charge in [0.15, 0.2) is 5.13 Å². The zero-order chi connectivity index (χ0) is 15.7. The molecule has 0 N–H and O–H groups in total. The molecule has 1 aromatic carbocycles. The highest BCUT2D eigenvalue weighted by Gasteiger charge is 2.16. The molecule has 3 rings (SSSR count). The first kappa shape index (κ1) is 14.9. The second kappa shape index (κ2) is 6.02. The predicted octanol–water partition coefficient (Wildman–Crippen LogP) is 2.88. The van der Waals surface area contributed by atoms with Crippen molar-refractivity contribution in [3.8, 4) is 0 Å². The number of hydrogen-bond acceptors (Lipinski definition) is 5. The van der Waals surface area contributed by atoms with E-state index in [-0.39, 0.29) is 17.2 Å². The zero-order valence-electron chi connectivity index (χ0n) is 12.3. The molecule has 3 aromatic rings. The van der Waals surface area contributed by atoms with Gasteiger partial charge in [0.2, 0.25) is 5.91 Å². The first-order valence-corrected chi connectivity index (χ1v) is 8.53. The van der Waals surface area contributed by atoms with E-state index in [1.165, 1.54) is 11.3 Å². The molecule has 0 atom stereocenters. The maximum Gasteiger partial charge on any atom is 0.307 e. The molecular weight excluding hydrogens is 318 g/mol. The van der Waals surface area contributed by atoms with Crippen LogP contribution in [0.2, 0.25) is 0 Å². The molecule has 0 aliphatic heterocycles. The Bertz CT molecular complexity index is 845. The third kappa shape index (κ3) is 2.82. The van der Waals surface area contributed by atoms with E-state index >= 15 is 0 Å². The maximum absolute atomic E-state index is 12.3. The van der Waals surface area contributed by atoms with Crippen LogP contribution in [0.1, 0.15) is 12.1 Å². The first-order chi connectivity index (χ1) is 10.6. The summed E-state index contributed by atoms with van der Waals surface area (Å²) in [5.74, 6) is -0.0449. The van der Waals surface area contributed by atoms with Crippen molar-refractivity contribution in [3.63, 3.8) is 0 Å². The fourth-order valence-corrected chi connectivity index (χ4v) is 3.87. The van der Waals surface area contributed by atoms with Crippen LogP contribution in [-0.2, 0) is 11.3 Å². The highest BCUT2D eigenvalue weighted by atomic mass is 32.1. The minimum absolute atomic E-state index is 0.0204. The number of carbonyl (C=O) groups is 1. The lowest BCUT2D eigenvalue weighted by atomic mass is 10.3. The van der Waals surface area contributed by atoms with Crippen molar-refractivity contribution in [2.24, 2.45) is 0 Å². The van der Waals surface area contributed by atoms with Crippen LogP contribution in [0.5, 0.6) is 0 Å². The van der Waals surface area contributed by atoms with E-state index in [9.17, 15) is 9.59 Å². The Morgan fingerprint density at radius 2 is 2.14 bits per heavy atom. The molecule has 0 aliphatic carbocycles. The van der Waals surface area contributed by atoms with Crippen molar-refractivity contribution in [3.05, 3.63) is 45.0 Å². The summed E-state index contributed by atoms with van der Waals surface area (Å²) < 4.78 is 2.69. The van der Waals surface area contributed by atoms with Gasteiger partial charge >= 0.3 is 4.87 Å². The number of carbonyl (C=O) groups excluding carboxylic acids is 1. The minimum atomic E-state index is -0.0449. The van der Waals surface area contributed by atoms with Crippen LogP contribution >= 0.6 is 22.7 Å². The van der Waals surface area contributed by atoms with E-state index in [1.54, 1.807) is 16.5 Å². The van der Waals surface area contributed by atoms with Crippen molar-refractivity contribution >= 4 is 43.9 Å². The van der Waals surface area contributed by atoms with E-state index in [2.05, 4.69) is 4.98 Å². The van der Waals surface area contributed by atoms with Crippen LogP contribution in [0.4, 0.5) is 5.13 Å². The van der Waals surface area contributed by atoms with E-state index in [0.29, 0.717) is 11.7 Å². The molecule has 22 heavy (non-hydrogen) atoms. The highest BCUT2D eigenvalue weighted by molar-refractivity contribution is 7.22. The van der Waals surface area contributed by atoms with Crippen molar-refractivity contribution in [1.82, 2.24) is 9.55 Å². The van der Waals surface area contributed by atoms with Crippen LogP contribution in [0.25, 0.3) is 10.2 Å². The standard InChI is InChI=1S/C15H15N3O2S2/c1-10-9-21-15(20)18(10)8-7-13(19)17(2)14-16-11-5-3-4-6-12(11)22-14/h3-6,9H,7-8H2,1-2H3. The van der Waals surface area contributed by atoms with Gasteiger partial charge < -0.3 is 4.57 Å². The normalized spacial score (nSPS) is 11.0. The van der Waals surface area contributed by atoms with Crippen molar-refractivity contribution in [2.75, 3.05) is 11.9 Å². The van der Waals surface area contributed by atoms with Gasteiger partial charge in [0, 0.05) is 31.1 Å². The number of para-hydroxylation sites is 1. The molecule has 0 saturated heterocycles. The molecule has 0 aliphatic rings. The lowest BCUT2D eigenvalue weighted by Gasteiger charge is -2.13. The fraction of sp³-hybridized carbons (Fsp3) is 0.267. The maximum atomic E-state index is 12.3. The van der Waals surface area contributed by atoms with Gasteiger partial charge in [-0.2, -0.15) is 0 Å². The quantitative estimate of drug-likeness (QED) is 0.738. The molecule has 0 fully saturated rings. The number of hydrogen-bond donors (Lipinski definition) is 0. The molecule has 5 nitrogen and oxygen atoms in total. The van der Waals surface area contributed by atoms with Gasteiger partial charge in [0.1, 0.15) is 0 Å². The third-order valence-corrected chi connectivity index (χ3v) is 5.46. The van der Waals surface area contributed by atoms with E-state index in [1.807, 2.05) is 36.6 Å². The van der Waals surface area contributed by atoms with Crippen molar-refractivity contribution in [2.45, 2.75) is 19.9 Å². The smallest absolute Gasteiger partial charge is 0.303 e. The summed E-state index contributed by atoms with van der Waals surface area (Å²) in [6.07, 6.45) is 0.282. The number of anilines is 1. The number of thiazole rings is 2. The van der Waals surface area contributed by atoms with Crippen LogP contribution < -0.4 is 9.77 Å². The Morgan fingerprint density at radius 1 is 1.36 bits per heavy atom. The summed E-state index contributed by atoms with van der Waals surface area (Å²) in [6, 6.07) is 7.81. The molecule has 0 bridgehead atoms. The second-order valence-corrected chi connectivity index (χ2v) is 6.79. The Balaban J connectivity index is 1.73. The summed E-state index contributed by atoms with van der Waals surface area (Å²) in [6.45, 7) is 2.28. The average Bonchev–Trinajstić information content (AvgIpc) is 3.08. The van der Waals surface area contributed by atoms with Crippen LogP contribution in [-0.4, -0.2) is 22.5 Å². The predicted molar refractivity (Wildman–Crippen MR) is 91.0 cm³/mol. The molecule has 0 spiro atoms. The SMILES string of the molecule is Cc1csc(=O)n1CCC(=O)N(C)c1nc2ccccc2s1. The Hall–Kier alpha value is -1.99. The lowest BCUT2D eigenvalue weighted by Crippen LogP contribution is -2.28. The molecule has 7 heteroatoms. The van der Waals surface area contributed by atoms with Gasteiger partial charge in [-0.25, -0.2) is 4.98 Å². The Morgan fingerprint density at radius 3 is 2.82 bits per heavy atom. The Labute approximate surface area is 135 Å². The first-order valence-electron chi connectivity index (χ1n) is 6.83. The molecule has 0 unspecified atom stereocenters. The van der Waals surface area contributed by atoms with Crippen LogP contribution in [0, 0.1) is 6.92 Å². The summed E-state index contributed by atoms with van der Waals surface area (Å²) in [5, 5.41) is 2.49. The topological polar surface area (TPSA) is 55.2 Å². The van der Waals surface area contributed by atoms with E-state index < -0.39 is 0 Å². The summed E-state index contributed by atoms with van der Waals surface area (Å²) in [4.78, 5) is 30.0. The molecular formula is C15H15N3O2S2. The molecule has 0 saturated carbocycles. The Kier molecular flexibility index (Phi) is 4.08. The number of aromatic nitrogens is 2. The number of amides is 1. The molecule has 0 radical (unpaired) electrons. The fourth-order valence-electron chi connectivity index (χ4n) is 2.16. The van der Waals surface area contributed by atoms with Crippen LogP contribution in [0.3, 0.4) is 0 Å². The van der Waals surface area contributed by atoms with Gasteiger partial charge in [-0.15, -0.1) is 0 Å². The zero-order valence-corrected chi connectivity index (χ0v) is 13.9.